The van der Waals surface area contributed by atoms with Crippen molar-refractivity contribution in [3.05, 3.63) is 42.4 Å². The Morgan fingerprint density at radius 3 is 2.57 bits per heavy atom. The number of ether oxygens (including phenoxy) is 2. The predicted octanol–water partition coefficient (Wildman–Crippen LogP) is 2.10. The molecule has 2 rings (SSSR count). The number of sulfonamides is 1. The highest BCUT2D eigenvalue weighted by Gasteiger charge is 2.17. The number of aryl methyl sites for hydroxylation is 1. The lowest BCUT2D eigenvalue weighted by atomic mass is 10.1. The van der Waals surface area contributed by atoms with Gasteiger partial charge in [-0.1, -0.05) is 0 Å². The molecule has 0 aliphatic heterocycles. The van der Waals surface area contributed by atoms with E-state index in [-0.39, 0.29) is 29.8 Å². The zero-order chi connectivity index (χ0) is 20.6. The maximum Gasteiger partial charge on any atom is 0.240 e. The SMILES string of the molecule is COc1ccc(S(=O)(=O)NCCC(=O)NC(C)CCc2ccco2)cc1OC. The van der Waals surface area contributed by atoms with Crippen LogP contribution in [0, 0.1) is 0 Å². The van der Waals surface area contributed by atoms with E-state index in [9.17, 15) is 13.2 Å². The van der Waals surface area contributed by atoms with Gasteiger partial charge in [0.1, 0.15) is 5.76 Å². The second-order valence-electron chi connectivity index (χ2n) is 6.25. The van der Waals surface area contributed by atoms with Crippen LogP contribution < -0.4 is 19.5 Å². The largest absolute Gasteiger partial charge is 0.493 e. The third kappa shape index (κ3) is 6.28. The summed E-state index contributed by atoms with van der Waals surface area (Å²) in [6.45, 7) is 1.89. The Balaban J connectivity index is 1.80. The van der Waals surface area contributed by atoms with E-state index in [1.165, 1.54) is 32.4 Å². The molecule has 28 heavy (non-hydrogen) atoms. The van der Waals surface area contributed by atoms with E-state index in [0.29, 0.717) is 11.5 Å². The minimum absolute atomic E-state index is 0.00653. The molecule has 1 unspecified atom stereocenters. The van der Waals surface area contributed by atoms with Gasteiger partial charge in [0.25, 0.3) is 0 Å². The van der Waals surface area contributed by atoms with Gasteiger partial charge in [0.15, 0.2) is 11.5 Å². The third-order valence-electron chi connectivity index (χ3n) is 4.12. The summed E-state index contributed by atoms with van der Waals surface area (Å²) in [6.07, 6.45) is 3.11. The Hall–Kier alpha value is -2.52. The molecule has 2 N–H and O–H groups in total. The van der Waals surface area contributed by atoms with Gasteiger partial charge >= 0.3 is 0 Å². The molecule has 0 radical (unpaired) electrons. The number of hydrogen-bond donors (Lipinski definition) is 2. The van der Waals surface area contributed by atoms with Crippen molar-refractivity contribution in [2.24, 2.45) is 0 Å². The smallest absolute Gasteiger partial charge is 0.240 e. The number of carbonyl (C=O) groups is 1. The molecule has 1 amide bonds. The van der Waals surface area contributed by atoms with E-state index in [1.54, 1.807) is 6.26 Å². The maximum atomic E-state index is 12.4. The van der Waals surface area contributed by atoms with Gasteiger partial charge in [-0.25, -0.2) is 13.1 Å². The number of methoxy groups -OCH3 is 2. The van der Waals surface area contributed by atoms with Crippen LogP contribution in [-0.2, 0) is 21.2 Å². The number of carbonyl (C=O) groups excluding carboxylic acids is 1. The first-order chi connectivity index (χ1) is 13.4. The number of benzene rings is 1. The first-order valence-electron chi connectivity index (χ1n) is 8.89. The molecule has 0 saturated carbocycles. The van der Waals surface area contributed by atoms with Gasteiger partial charge < -0.3 is 19.2 Å². The lowest BCUT2D eigenvalue weighted by molar-refractivity contribution is -0.121. The van der Waals surface area contributed by atoms with Crippen LogP contribution in [0.2, 0.25) is 0 Å². The Morgan fingerprint density at radius 2 is 1.93 bits per heavy atom. The third-order valence-corrected chi connectivity index (χ3v) is 5.58. The second kappa shape index (κ2) is 10.1. The number of rotatable bonds is 11. The zero-order valence-corrected chi connectivity index (χ0v) is 17.0. The van der Waals surface area contributed by atoms with Gasteiger partial charge in [-0.2, -0.15) is 0 Å². The number of amides is 1. The van der Waals surface area contributed by atoms with E-state index in [1.807, 2.05) is 19.1 Å². The number of nitrogens with one attached hydrogen (secondary N) is 2. The minimum Gasteiger partial charge on any atom is -0.493 e. The van der Waals surface area contributed by atoms with Crippen molar-refractivity contribution in [3.63, 3.8) is 0 Å². The van der Waals surface area contributed by atoms with Crippen molar-refractivity contribution in [2.75, 3.05) is 20.8 Å². The molecular weight excluding hydrogens is 384 g/mol. The van der Waals surface area contributed by atoms with E-state index in [2.05, 4.69) is 10.0 Å². The quantitative estimate of drug-likeness (QED) is 0.588. The van der Waals surface area contributed by atoms with Crippen LogP contribution >= 0.6 is 0 Å². The van der Waals surface area contributed by atoms with Gasteiger partial charge in [-0.05, 0) is 37.6 Å². The summed E-state index contributed by atoms with van der Waals surface area (Å²) in [6, 6.07) is 7.97. The van der Waals surface area contributed by atoms with Crippen molar-refractivity contribution < 1.29 is 27.1 Å². The average Bonchev–Trinajstić information content (AvgIpc) is 3.19. The predicted molar refractivity (Wildman–Crippen MR) is 104 cm³/mol. The van der Waals surface area contributed by atoms with Gasteiger partial charge in [0, 0.05) is 31.5 Å². The standard InChI is InChI=1S/C19H26N2O6S/c1-14(6-7-15-5-4-12-27-15)21-19(22)10-11-20-28(23,24)16-8-9-17(25-2)18(13-16)26-3/h4-5,8-9,12-14,20H,6-7,10-11H2,1-3H3,(H,21,22). The van der Waals surface area contributed by atoms with Crippen molar-refractivity contribution in [1.82, 2.24) is 10.0 Å². The fourth-order valence-corrected chi connectivity index (χ4v) is 3.65. The van der Waals surface area contributed by atoms with Crippen molar-refractivity contribution in [3.8, 4) is 11.5 Å². The highest BCUT2D eigenvalue weighted by molar-refractivity contribution is 7.89. The Kier molecular flexibility index (Phi) is 7.89. The lowest BCUT2D eigenvalue weighted by Crippen LogP contribution is -2.35. The van der Waals surface area contributed by atoms with Crippen LogP contribution in [0.5, 0.6) is 11.5 Å². The summed E-state index contributed by atoms with van der Waals surface area (Å²) >= 11 is 0. The number of furan rings is 1. The normalized spacial score (nSPS) is 12.4. The Labute approximate surface area is 165 Å². The molecular formula is C19H26N2O6S. The highest BCUT2D eigenvalue weighted by atomic mass is 32.2. The van der Waals surface area contributed by atoms with Crippen molar-refractivity contribution in [2.45, 2.75) is 37.1 Å². The fraction of sp³-hybridized carbons (Fsp3) is 0.421. The molecule has 1 atom stereocenters. The zero-order valence-electron chi connectivity index (χ0n) is 16.2. The molecule has 1 aromatic heterocycles. The first kappa shape index (κ1) is 21.8. The molecule has 9 heteroatoms. The molecule has 0 bridgehead atoms. The number of hydrogen-bond acceptors (Lipinski definition) is 6. The Morgan fingerprint density at radius 1 is 1.18 bits per heavy atom. The highest BCUT2D eigenvalue weighted by Crippen LogP contribution is 2.29. The van der Waals surface area contributed by atoms with Crippen LogP contribution in [0.3, 0.4) is 0 Å². The Bertz CT molecular complexity index is 865. The van der Waals surface area contributed by atoms with Crippen LogP contribution in [0.4, 0.5) is 0 Å². The van der Waals surface area contributed by atoms with E-state index < -0.39 is 10.0 Å². The van der Waals surface area contributed by atoms with Gasteiger partial charge in [-0.15, -0.1) is 0 Å². The molecule has 0 aliphatic carbocycles. The summed E-state index contributed by atoms with van der Waals surface area (Å²) in [5.41, 5.74) is 0. The summed E-state index contributed by atoms with van der Waals surface area (Å²) in [4.78, 5) is 12.1. The van der Waals surface area contributed by atoms with Crippen LogP contribution in [0.25, 0.3) is 0 Å². The monoisotopic (exact) mass is 410 g/mol. The molecule has 1 aromatic carbocycles. The first-order valence-corrected chi connectivity index (χ1v) is 10.4. The lowest BCUT2D eigenvalue weighted by Gasteiger charge is -2.14. The van der Waals surface area contributed by atoms with Gasteiger partial charge in [0.2, 0.25) is 15.9 Å². The second-order valence-corrected chi connectivity index (χ2v) is 8.02. The minimum atomic E-state index is -3.76. The molecule has 154 valence electrons. The fourth-order valence-electron chi connectivity index (χ4n) is 2.60. The molecule has 0 fully saturated rings. The summed E-state index contributed by atoms with van der Waals surface area (Å²) in [5, 5.41) is 2.85. The summed E-state index contributed by atoms with van der Waals surface area (Å²) in [5.74, 6) is 1.39. The van der Waals surface area contributed by atoms with Crippen LogP contribution in [0.15, 0.2) is 45.9 Å². The molecule has 8 nitrogen and oxygen atoms in total. The topological polar surface area (TPSA) is 107 Å². The van der Waals surface area contributed by atoms with E-state index in [0.717, 1.165) is 18.6 Å². The molecule has 2 aromatic rings. The molecule has 1 heterocycles. The van der Waals surface area contributed by atoms with Gasteiger partial charge in [0.05, 0.1) is 25.4 Å². The molecule has 0 spiro atoms. The van der Waals surface area contributed by atoms with Crippen molar-refractivity contribution in [1.29, 1.82) is 0 Å². The maximum absolute atomic E-state index is 12.4. The average molecular weight is 410 g/mol. The summed E-state index contributed by atoms with van der Waals surface area (Å²) in [7, 11) is -0.859. The van der Waals surface area contributed by atoms with Gasteiger partial charge in [-0.3, -0.25) is 4.79 Å². The van der Waals surface area contributed by atoms with Crippen LogP contribution in [-0.4, -0.2) is 41.1 Å². The van der Waals surface area contributed by atoms with E-state index >= 15 is 0 Å². The van der Waals surface area contributed by atoms with E-state index in [4.69, 9.17) is 13.9 Å². The molecule has 0 aliphatic rings. The van der Waals surface area contributed by atoms with Crippen molar-refractivity contribution >= 4 is 15.9 Å². The molecule has 0 saturated heterocycles. The summed E-state index contributed by atoms with van der Waals surface area (Å²) < 4.78 is 42.7. The van der Waals surface area contributed by atoms with Crippen LogP contribution in [0.1, 0.15) is 25.5 Å².